The zero-order chi connectivity index (χ0) is 9.84. The molecule has 0 bridgehead atoms. The molecule has 0 aliphatic rings. The topological polar surface area (TPSA) is 46.5 Å². The first-order valence-electron chi connectivity index (χ1n) is 4.00. The zero-order valence-electron chi connectivity index (χ0n) is 7.56. The van der Waals surface area contributed by atoms with Crippen molar-refractivity contribution in [3.8, 4) is 0 Å². The van der Waals surface area contributed by atoms with Gasteiger partial charge in [0.15, 0.2) is 0 Å². The van der Waals surface area contributed by atoms with E-state index in [2.05, 4.69) is 0 Å². The van der Waals surface area contributed by atoms with E-state index in [9.17, 15) is 9.90 Å². The second-order valence-corrected chi connectivity index (χ2v) is 3.75. The minimum atomic E-state index is -0.719. The number of aliphatic hydroxyl groups excluding tert-OH is 1. The molecule has 2 atom stereocenters. The number of aliphatic hydroxyl groups is 1. The Bertz CT molecular complexity index is 268. The fourth-order valence-electron chi connectivity index (χ4n) is 1.02. The van der Waals surface area contributed by atoms with Crippen molar-refractivity contribution in [3.63, 3.8) is 0 Å². The van der Waals surface area contributed by atoms with Crippen LogP contribution in [0.25, 0.3) is 0 Å². The minimum absolute atomic E-state index is 0.372. The minimum Gasteiger partial charge on any atom is -0.460 e. The number of rotatable bonds is 3. The lowest BCUT2D eigenvalue weighted by Crippen LogP contribution is -2.20. The van der Waals surface area contributed by atoms with Crippen LogP contribution in [0.5, 0.6) is 0 Å². The van der Waals surface area contributed by atoms with Crippen LogP contribution in [0.3, 0.4) is 0 Å². The maximum atomic E-state index is 10.6. The van der Waals surface area contributed by atoms with Gasteiger partial charge in [0.25, 0.3) is 0 Å². The Morgan fingerprint density at radius 1 is 1.69 bits per heavy atom. The van der Waals surface area contributed by atoms with Gasteiger partial charge in [-0.3, -0.25) is 4.79 Å². The summed E-state index contributed by atoms with van der Waals surface area (Å²) in [6.45, 7) is 3.00. The highest BCUT2D eigenvalue weighted by Gasteiger charge is 2.19. The van der Waals surface area contributed by atoms with Crippen molar-refractivity contribution in [1.82, 2.24) is 0 Å². The molecule has 1 heterocycles. The second kappa shape index (κ2) is 4.39. The van der Waals surface area contributed by atoms with Crippen LogP contribution in [0.1, 0.15) is 24.8 Å². The van der Waals surface area contributed by atoms with Gasteiger partial charge in [0.05, 0.1) is 0 Å². The maximum absolute atomic E-state index is 10.6. The molecule has 0 aliphatic carbocycles. The lowest BCUT2D eigenvalue weighted by Gasteiger charge is -2.16. The first kappa shape index (κ1) is 10.2. The quantitative estimate of drug-likeness (QED) is 0.756. The van der Waals surface area contributed by atoms with E-state index in [1.54, 1.807) is 6.92 Å². The van der Waals surface area contributed by atoms with Crippen LogP contribution in [0.4, 0.5) is 0 Å². The molecule has 4 heteroatoms. The molecule has 13 heavy (non-hydrogen) atoms. The number of esters is 1. The predicted molar refractivity (Wildman–Crippen MR) is 50.5 cm³/mol. The SMILES string of the molecule is CC(=O)O[C@H](C)[C@@H](O)c1cccs1. The van der Waals surface area contributed by atoms with Crippen molar-refractivity contribution < 1.29 is 14.6 Å². The maximum Gasteiger partial charge on any atom is 0.302 e. The summed E-state index contributed by atoms with van der Waals surface area (Å²) < 4.78 is 4.85. The first-order valence-corrected chi connectivity index (χ1v) is 4.88. The van der Waals surface area contributed by atoms with Gasteiger partial charge in [0.1, 0.15) is 12.2 Å². The van der Waals surface area contributed by atoms with Crippen LogP contribution in [0.15, 0.2) is 17.5 Å². The van der Waals surface area contributed by atoms with Gasteiger partial charge in [-0.05, 0) is 18.4 Å². The Labute approximate surface area is 81.0 Å². The van der Waals surface area contributed by atoms with Crippen molar-refractivity contribution in [2.45, 2.75) is 26.1 Å². The smallest absolute Gasteiger partial charge is 0.302 e. The normalized spacial score (nSPS) is 15.0. The van der Waals surface area contributed by atoms with E-state index in [4.69, 9.17) is 4.74 Å². The zero-order valence-corrected chi connectivity index (χ0v) is 8.38. The van der Waals surface area contributed by atoms with Gasteiger partial charge >= 0.3 is 5.97 Å². The molecule has 0 saturated heterocycles. The molecule has 0 radical (unpaired) electrons. The van der Waals surface area contributed by atoms with Crippen LogP contribution in [0, 0.1) is 0 Å². The molecule has 1 rings (SSSR count). The molecule has 1 aromatic rings. The van der Waals surface area contributed by atoms with Crippen LogP contribution in [-0.2, 0) is 9.53 Å². The Balaban J connectivity index is 2.57. The highest BCUT2D eigenvalue weighted by molar-refractivity contribution is 7.10. The van der Waals surface area contributed by atoms with Gasteiger partial charge in [-0.1, -0.05) is 6.07 Å². The number of hydrogen-bond donors (Lipinski definition) is 1. The largest absolute Gasteiger partial charge is 0.460 e. The summed E-state index contributed by atoms with van der Waals surface area (Å²) in [7, 11) is 0. The molecule has 0 unspecified atom stereocenters. The number of thiophene rings is 1. The Morgan fingerprint density at radius 2 is 2.38 bits per heavy atom. The Morgan fingerprint density at radius 3 is 2.85 bits per heavy atom. The van der Waals surface area contributed by atoms with E-state index < -0.39 is 12.2 Å². The van der Waals surface area contributed by atoms with Crippen LogP contribution < -0.4 is 0 Å². The van der Waals surface area contributed by atoms with Crippen molar-refractivity contribution in [2.75, 3.05) is 0 Å². The predicted octanol–water partition coefficient (Wildman–Crippen LogP) is 1.73. The van der Waals surface area contributed by atoms with Crippen LogP contribution >= 0.6 is 11.3 Å². The third-order valence-electron chi connectivity index (χ3n) is 1.63. The second-order valence-electron chi connectivity index (χ2n) is 2.77. The lowest BCUT2D eigenvalue weighted by molar-refractivity contribution is -0.151. The molecule has 72 valence electrons. The van der Waals surface area contributed by atoms with E-state index in [0.717, 1.165) is 4.88 Å². The Hall–Kier alpha value is -0.870. The molecule has 0 aliphatic heterocycles. The van der Waals surface area contributed by atoms with E-state index >= 15 is 0 Å². The molecule has 1 N–H and O–H groups in total. The summed E-state index contributed by atoms with van der Waals surface area (Å²) in [5, 5.41) is 11.5. The van der Waals surface area contributed by atoms with Crippen molar-refractivity contribution in [2.24, 2.45) is 0 Å². The fraction of sp³-hybridized carbons (Fsp3) is 0.444. The summed E-state index contributed by atoms with van der Waals surface area (Å²) in [4.78, 5) is 11.4. The van der Waals surface area contributed by atoms with Crippen LogP contribution in [0.2, 0.25) is 0 Å². The summed E-state index contributed by atoms with van der Waals surface area (Å²) in [6.07, 6.45) is -1.21. The van der Waals surface area contributed by atoms with Gasteiger partial charge in [0, 0.05) is 11.8 Å². The number of hydrogen-bond acceptors (Lipinski definition) is 4. The third kappa shape index (κ3) is 2.82. The molecule has 0 saturated carbocycles. The molecule has 0 amide bonds. The standard InChI is InChI=1S/C9H12O3S/c1-6(12-7(2)10)9(11)8-4-3-5-13-8/h3-6,9,11H,1-2H3/t6-,9-/m1/s1. The van der Waals surface area contributed by atoms with Gasteiger partial charge in [0.2, 0.25) is 0 Å². The summed E-state index contributed by atoms with van der Waals surface area (Å²) in [6, 6.07) is 3.67. The van der Waals surface area contributed by atoms with Crippen LogP contribution in [-0.4, -0.2) is 17.2 Å². The number of carbonyl (C=O) groups is 1. The molecule has 0 aromatic carbocycles. The molecule has 0 spiro atoms. The van der Waals surface area contributed by atoms with Gasteiger partial charge in [-0.25, -0.2) is 0 Å². The molecule has 1 aromatic heterocycles. The van der Waals surface area contributed by atoms with E-state index in [1.807, 2.05) is 17.5 Å². The highest BCUT2D eigenvalue weighted by atomic mass is 32.1. The average molecular weight is 200 g/mol. The van der Waals surface area contributed by atoms with Gasteiger partial charge in [-0.2, -0.15) is 0 Å². The van der Waals surface area contributed by atoms with E-state index in [1.165, 1.54) is 18.3 Å². The summed E-state index contributed by atoms with van der Waals surface area (Å²) in [5.74, 6) is -0.372. The van der Waals surface area contributed by atoms with Crippen molar-refractivity contribution in [1.29, 1.82) is 0 Å². The highest BCUT2D eigenvalue weighted by Crippen LogP contribution is 2.23. The van der Waals surface area contributed by atoms with Gasteiger partial charge in [-0.15, -0.1) is 11.3 Å². The number of ether oxygens (including phenoxy) is 1. The fourth-order valence-corrected chi connectivity index (χ4v) is 1.82. The van der Waals surface area contributed by atoms with Crippen molar-refractivity contribution >= 4 is 17.3 Å². The molecule has 3 nitrogen and oxygen atoms in total. The average Bonchev–Trinajstić information content (AvgIpc) is 2.53. The number of carbonyl (C=O) groups excluding carboxylic acids is 1. The van der Waals surface area contributed by atoms with Gasteiger partial charge < -0.3 is 9.84 Å². The first-order chi connectivity index (χ1) is 6.11. The third-order valence-corrected chi connectivity index (χ3v) is 2.57. The summed E-state index contributed by atoms with van der Waals surface area (Å²) >= 11 is 1.45. The van der Waals surface area contributed by atoms with Crippen molar-refractivity contribution in [3.05, 3.63) is 22.4 Å². The van der Waals surface area contributed by atoms with E-state index in [-0.39, 0.29) is 5.97 Å². The molecular weight excluding hydrogens is 188 g/mol. The molecule has 0 fully saturated rings. The van der Waals surface area contributed by atoms with E-state index in [0.29, 0.717) is 0 Å². The molecular formula is C9H12O3S. The monoisotopic (exact) mass is 200 g/mol. The summed E-state index contributed by atoms with van der Waals surface area (Å²) in [5.41, 5.74) is 0. The lowest BCUT2D eigenvalue weighted by atomic mass is 10.2. The Kier molecular flexibility index (Phi) is 3.45.